The van der Waals surface area contributed by atoms with E-state index in [2.05, 4.69) is 10.3 Å². The topological polar surface area (TPSA) is 97.8 Å². The van der Waals surface area contributed by atoms with Crippen LogP contribution < -0.4 is 14.8 Å². The zero-order chi connectivity index (χ0) is 21.7. The average Bonchev–Trinajstić information content (AvgIpc) is 2.75. The number of sulfonamides is 1. The van der Waals surface area contributed by atoms with Gasteiger partial charge in [-0.15, -0.1) is 0 Å². The highest BCUT2D eigenvalue weighted by molar-refractivity contribution is 7.89. The molecule has 0 fully saturated rings. The molecule has 2 aromatic carbocycles. The number of benzene rings is 2. The van der Waals surface area contributed by atoms with Crippen LogP contribution in [0.5, 0.6) is 17.2 Å². The van der Waals surface area contributed by atoms with Gasteiger partial charge in [0.25, 0.3) is 5.91 Å². The summed E-state index contributed by atoms with van der Waals surface area (Å²) in [6.07, 6.45) is 3.26. The number of nitrogens with one attached hydrogen (secondary N) is 1. The number of amides is 1. The van der Waals surface area contributed by atoms with Crippen molar-refractivity contribution in [3.8, 4) is 17.2 Å². The van der Waals surface area contributed by atoms with Gasteiger partial charge in [-0.1, -0.05) is 0 Å². The Morgan fingerprint density at radius 2 is 1.60 bits per heavy atom. The minimum atomic E-state index is -3.78. The van der Waals surface area contributed by atoms with E-state index in [9.17, 15) is 13.2 Å². The predicted octanol–water partition coefficient (Wildman–Crippen LogP) is 3.39. The molecule has 1 aromatic heterocycles. The molecule has 8 nitrogen and oxygen atoms in total. The summed E-state index contributed by atoms with van der Waals surface area (Å²) in [5.74, 6) is 0.964. The van der Waals surface area contributed by atoms with Crippen molar-refractivity contribution in [1.29, 1.82) is 0 Å². The lowest BCUT2D eigenvalue weighted by Gasteiger charge is -2.15. The lowest BCUT2D eigenvalue weighted by molar-refractivity contribution is 0.102. The first-order valence-electron chi connectivity index (χ1n) is 8.91. The lowest BCUT2D eigenvalue weighted by Crippen LogP contribution is -2.23. The summed E-state index contributed by atoms with van der Waals surface area (Å²) in [5.41, 5.74) is 0.725. The van der Waals surface area contributed by atoms with E-state index in [0.29, 0.717) is 17.2 Å². The third-order valence-electron chi connectivity index (χ3n) is 4.18. The Bertz CT molecular complexity index is 1130. The number of nitrogens with zero attached hydrogens (tertiary/aromatic N) is 2. The molecule has 0 unspecified atom stereocenters. The van der Waals surface area contributed by atoms with Crippen molar-refractivity contribution in [3.05, 3.63) is 72.6 Å². The van der Waals surface area contributed by atoms with Crippen molar-refractivity contribution in [3.63, 3.8) is 0 Å². The second-order valence-electron chi connectivity index (χ2n) is 6.42. The zero-order valence-electron chi connectivity index (χ0n) is 16.7. The van der Waals surface area contributed by atoms with Crippen molar-refractivity contribution < 1.29 is 22.7 Å². The smallest absolute Gasteiger partial charge is 0.255 e. The molecule has 0 bridgehead atoms. The Labute approximate surface area is 175 Å². The molecule has 0 saturated carbocycles. The Hall–Kier alpha value is -3.43. The van der Waals surface area contributed by atoms with Crippen molar-refractivity contribution in [2.75, 3.05) is 26.5 Å². The number of pyridine rings is 1. The fourth-order valence-electron chi connectivity index (χ4n) is 2.57. The van der Waals surface area contributed by atoms with E-state index in [1.807, 2.05) is 0 Å². The number of carbonyl (C=O) groups excluding carboxylic acids is 1. The molecule has 0 saturated heterocycles. The number of methoxy groups -OCH3 is 1. The highest BCUT2D eigenvalue weighted by Crippen LogP contribution is 2.28. The van der Waals surface area contributed by atoms with Gasteiger partial charge in [0.05, 0.1) is 7.11 Å². The molecule has 0 spiro atoms. The molecule has 3 rings (SSSR count). The van der Waals surface area contributed by atoms with Gasteiger partial charge >= 0.3 is 0 Å². The van der Waals surface area contributed by atoms with Gasteiger partial charge in [0.1, 0.15) is 22.1 Å². The number of ether oxygens (including phenoxy) is 2. The maximum atomic E-state index is 12.6. The van der Waals surface area contributed by atoms with Crippen molar-refractivity contribution in [1.82, 2.24) is 9.29 Å². The molecule has 156 valence electrons. The Morgan fingerprint density at radius 3 is 2.20 bits per heavy atom. The molecule has 1 amide bonds. The van der Waals surface area contributed by atoms with E-state index in [0.717, 1.165) is 4.31 Å². The van der Waals surface area contributed by atoms with E-state index >= 15 is 0 Å². The van der Waals surface area contributed by atoms with Crippen LogP contribution in [0.25, 0.3) is 0 Å². The van der Waals surface area contributed by atoms with Crippen LogP contribution in [0.15, 0.2) is 71.9 Å². The Balaban J connectivity index is 1.77. The van der Waals surface area contributed by atoms with Gasteiger partial charge < -0.3 is 14.8 Å². The summed E-state index contributed by atoms with van der Waals surface area (Å²) < 4.78 is 36.9. The number of hydrogen-bond acceptors (Lipinski definition) is 6. The second kappa shape index (κ2) is 8.93. The van der Waals surface area contributed by atoms with Crippen LogP contribution >= 0.6 is 0 Å². The fourth-order valence-corrected chi connectivity index (χ4v) is 3.64. The van der Waals surface area contributed by atoms with Crippen molar-refractivity contribution >= 4 is 21.6 Å². The summed E-state index contributed by atoms with van der Waals surface area (Å²) in [4.78, 5) is 16.5. The summed E-state index contributed by atoms with van der Waals surface area (Å²) in [6.45, 7) is 0. The molecule has 0 radical (unpaired) electrons. The minimum Gasteiger partial charge on any atom is -0.495 e. The number of aromatic nitrogens is 1. The first kappa shape index (κ1) is 21.3. The third-order valence-corrected chi connectivity index (χ3v) is 6.02. The Kier molecular flexibility index (Phi) is 6.34. The summed E-state index contributed by atoms with van der Waals surface area (Å²) >= 11 is 0. The van der Waals surface area contributed by atoms with Crippen molar-refractivity contribution in [2.24, 2.45) is 0 Å². The van der Waals surface area contributed by atoms with Crippen LogP contribution in [0.1, 0.15) is 10.4 Å². The van der Waals surface area contributed by atoms with Crippen LogP contribution in [0.3, 0.4) is 0 Å². The number of hydrogen-bond donors (Lipinski definition) is 1. The van der Waals surface area contributed by atoms with E-state index in [1.165, 1.54) is 39.4 Å². The summed E-state index contributed by atoms with van der Waals surface area (Å²) in [7, 11) is 0.425. The highest BCUT2D eigenvalue weighted by atomic mass is 32.2. The molecule has 1 heterocycles. The van der Waals surface area contributed by atoms with E-state index < -0.39 is 15.9 Å². The van der Waals surface area contributed by atoms with Gasteiger partial charge in [0.15, 0.2) is 0 Å². The molecule has 0 aliphatic heterocycles. The molecule has 0 aliphatic rings. The molecule has 1 N–H and O–H groups in total. The van der Waals surface area contributed by atoms with Crippen LogP contribution in [-0.4, -0.2) is 44.8 Å². The molecular weight excluding hydrogens is 406 g/mol. The first-order valence-corrected chi connectivity index (χ1v) is 10.3. The monoisotopic (exact) mass is 427 g/mol. The quantitative estimate of drug-likeness (QED) is 0.621. The molecule has 0 aliphatic carbocycles. The number of anilines is 1. The second-order valence-corrected chi connectivity index (χ2v) is 8.54. The van der Waals surface area contributed by atoms with Gasteiger partial charge in [-0.25, -0.2) is 12.7 Å². The molecular formula is C21H21N3O5S. The van der Waals surface area contributed by atoms with Crippen LogP contribution in [0.2, 0.25) is 0 Å². The average molecular weight is 427 g/mol. The van der Waals surface area contributed by atoms with E-state index in [1.54, 1.807) is 48.8 Å². The Morgan fingerprint density at radius 1 is 0.967 bits per heavy atom. The summed E-state index contributed by atoms with van der Waals surface area (Å²) in [5, 5.41) is 2.74. The number of carbonyl (C=O) groups is 1. The first-order chi connectivity index (χ1) is 14.3. The SMILES string of the molecule is COc1ccc(C(=O)Nc2ccc(Oc3ccncc3)cc2)cc1S(=O)(=O)N(C)C. The van der Waals surface area contributed by atoms with Crippen LogP contribution in [0.4, 0.5) is 5.69 Å². The van der Waals surface area contributed by atoms with Crippen LogP contribution in [0, 0.1) is 0 Å². The molecule has 0 atom stereocenters. The maximum absolute atomic E-state index is 12.6. The predicted molar refractivity (Wildman–Crippen MR) is 113 cm³/mol. The largest absolute Gasteiger partial charge is 0.495 e. The zero-order valence-corrected chi connectivity index (χ0v) is 17.5. The fraction of sp³-hybridized carbons (Fsp3) is 0.143. The van der Waals surface area contributed by atoms with E-state index in [4.69, 9.17) is 9.47 Å². The highest BCUT2D eigenvalue weighted by Gasteiger charge is 2.24. The molecule has 9 heteroatoms. The minimum absolute atomic E-state index is 0.0799. The summed E-state index contributed by atoms with van der Waals surface area (Å²) in [6, 6.07) is 14.5. The van der Waals surface area contributed by atoms with Gasteiger partial charge in [0, 0.05) is 37.7 Å². The van der Waals surface area contributed by atoms with Crippen molar-refractivity contribution in [2.45, 2.75) is 4.90 Å². The van der Waals surface area contributed by atoms with Gasteiger partial charge in [-0.3, -0.25) is 9.78 Å². The lowest BCUT2D eigenvalue weighted by atomic mass is 10.2. The molecule has 30 heavy (non-hydrogen) atoms. The standard InChI is InChI=1S/C21H21N3O5S/c1-24(2)30(26,27)20-14-15(4-9-19(20)28-3)21(25)23-16-5-7-17(8-6-16)29-18-10-12-22-13-11-18/h4-14H,1-3H3,(H,23,25). The molecule has 3 aromatic rings. The van der Waals surface area contributed by atoms with Crippen LogP contribution in [-0.2, 0) is 10.0 Å². The number of rotatable bonds is 7. The normalized spacial score (nSPS) is 11.2. The maximum Gasteiger partial charge on any atom is 0.255 e. The van der Waals surface area contributed by atoms with Gasteiger partial charge in [0.2, 0.25) is 10.0 Å². The van der Waals surface area contributed by atoms with Gasteiger partial charge in [-0.2, -0.15) is 0 Å². The van der Waals surface area contributed by atoms with Gasteiger partial charge in [-0.05, 0) is 54.6 Å². The van der Waals surface area contributed by atoms with E-state index in [-0.39, 0.29) is 16.2 Å². The third kappa shape index (κ3) is 4.76.